The molecule has 0 fully saturated rings. The Labute approximate surface area is 190 Å². The van der Waals surface area contributed by atoms with Crippen molar-refractivity contribution in [3.63, 3.8) is 0 Å². The molecule has 2 atom stereocenters. The molecule has 0 spiro atoms. The Kier molecular flexibility index (Phi) is 5.95. The fraction of sp³-hybridized carbons (Fsp3) is 0.292. The number of aromatic nitrogens is 3. The number of hydrogen-bond acceptors (Lipinski definition) is 8. The maximum atomic E-state index is 13.0. The fourth-order valence-electron chi connectivity index (χ4n) is 3.85. The predicted molar refractivity (Wildman–Crippen MR) is 122 cm³/mol. The van der Waals surface area contributed by atoms with Crippen LogP contribution in [0.1, 0.15) is 31.4 Å². The van der Waals surface area contributed by atoms with Gasteiger partial charge in [0.25, 0.3) is 5.56 Å². The van der Waals surface area contributed by atoms with Gasteiger partial charge in [-0.2, -0.15) is 10.1 Å². The number of fused-ring (bicyclic) bond motifs is 3. The van der Waals surface area contributed by atoms with Crippen molar-refractivity contribution in [2.45, 2.75) is 31.8 Å². The van der Waals surface area contributed by atoms with Crippen LogP contribution in [0.3, 0.4) is 0 Å². The summed E-state index contributed by atoms with van der Waals surface area (Å²) in [6.45, 7) is 4.15. The molecule has 0 radical (unpaired) electrons. The van der Waals surface area contributed by atoms with Gasteiger partial charge in [0.05, 0.1) is 14.2 Å². The summed E-state index contributed by atoms with van der Waals surface area (Å²) in [6.07, 6.45) is 0. The number of nitrogens with zero attached hydrogens (tertiary/aromatic N) is 3. The third kappa shape index (κ3) is 3.97. The molecule has 4 rings (SSSR count). The highest BCUT2D eigenvalue weighted by molar-refractivity contribution is 5.91. The quantitative estimate of drug-likeness (QED) is 0.607. The minimum Gasteiger partial charge on any atom is -0.467 e. The van der Waals surface area contributed by atoms with Crippen molar-refractivity contribution in [2.75, 3.05) is 19.5 Å². The normalized spacial score (nSPS) is 16.8. The first-order valence-corrected chi connectivity index (χ1v) is 10.5. The molecule has 33 heavy (non-hydrogen) atoms. The van der Waals surface area contributed by atoms with Crippen molar-refractivity contribution in [1.82, 2.24) is 14.8 Å². The van der Waals surface area contributed by atoms with Crippen molar-refractivity contribution in [1.29, 1.82) is 0 Å². The van der Waals surface area contributed by atoms with Crippen LogP contribution in [0.15, 0.2) is 53.3 Å². The molecule has 2 heterocycles. The first kappa shape index (κ1) is 22.2. The maximum Gasteiger partial charge on any atom is 0.333 e. The number of anilines is 1. The predicted octanol–water partition coefficient (Wildman–Crippen LogP) is 2.78. The summed E-state index contributed by atoms with van der Waals surface area (Å²) in [4.78, 5) is 42.9. The van der Waals surface area contributed by atoms with Crippen LogP contribution in [0.5, 0.6) is 0 Å². The molecule has 0 bridgehead atoms. The van der Waals surface area contributed by atoms with E-state index in [0.29, 0.717) is 22.7 Å². The number of para-hydroxylation sites is 1. The van der Waals surface area contributed by atoms with Gasteiger partial charge in [-0.15, -0.1) is 0 Å². The van der Waals surface area contributed by atoms with Gasteiger partial charge in [0, 0.05) is 16.8 Å². The van der Waals surface area contributed by atoms with E-state index in [1.807, 2.05) is 12.1 Å². The number of hydrogen-bond donors (Lipinski definition) is 1. The Balaban J connectivity index is 1.98. The van der Waals surface area contributed by atoms with Gasteiger partial charge in [0.15, 0.2) is 23.6 Å². The average molecular weight is 448 g/mol. The van der Waals surface area contributed by atoms with E-state index in [4.69, 9.17) is 9.47 Å². The van der Waals surface area contributed by atoms with E-state index in [1.165, 1.54) is 18.9 Å². The third-order valence-electron chi connectivity index (χ3n) is 5.64. The molecular formula is C24H24N4O5. The maximum absolute atomic E-state index is 13.0. The smallest absolute Gasteiger partial charge is 0.333 e. The van der Waals surface area contributed by atoms with Crippen LogP contribution >= 0.6 is 0 Å². The molecule has 9 heteroatoms. The highest BCUT2D eigenvalue weighted by Crippen LogP contribution is 2.34. The van der Waals surface area contributed by atoms with Gasteiger partial charge >= 0.3 is 11.9 Å². The topological polar surface area (TPSA) is 112 Å². The van der Waals surface area contributed by atoms with Crippen LogP contribution in [0, 0.1) is 0 Å². The number of carbonyl (C=O) groups is 2. The number of methoxy groups -OCH3 is 2. The summed E-state index contributed by atoms with van der Waals surface area (Å²) >= 11 is 0. The molecule has 170 valence electrons. The second-order valence-electron chi connectivity index (χ2n) is 7.97. The van der Waals surface area contributed by atoms with Gasteiger partial charge in [0.1, 0.15) is 0 Å². The number of esters is 2. The lowest BCUT2D eigenvalue weighted by atomic mass is 10.0. The summed E-state index contributed by atoms with van der Waals surface area (Å²) in [5.41, 5.74) is 2.20. The van der Waals surface area contributed by atoms with Crippen LogP contribution in [0.2, 0.25) is 0 Å². The molecule has 1 N–H and O–H groups in total. The van der Waals surface area contributed by atoms with Crippen molar-refractivity contribution in [3.8, 4) is 22.6 Å². The summed E-state index contributed by atoms with van der Waals surface area (Å²) in [5.74, 6) is -0.944. The number of ether oxygens (including phenoxy) is 2. The van der Waals surface area contributed by atoms with Gasteiger partial charge in [0.2, 0.25) is 0 Å². The highest BCUT2D eigenvalue weighted by Gasteiger charge is 2.42. The molecule has 3 aromatic rings. The lowest BCUT2D eigenvalue weighted by Gasteiger charge is -2.24. The highest BCUT2D eigenvalue weighted by atomic mass is 16.5. The summed E-state index contributed by atoms with van der Waals surface area (Å²) in [7, 11) is 2.45. The number of benzene rings is 2. The van der Waals surface area contributed by atoms with Gasteiger partial charge in [-0.3, -0.25) is 4.79 Å². The largest absolute Gasteiger partial charge is 0.467 e. The summed E-state index contributed by atoms with van der Waals surface area (Å²) in [6, 6.07) is 12.0. The van der Waals surface area contributed by atoms with Gasteiger partial charge in [-0.25, -0.2) is 14.3 Å². The Hall–Kier alpha value is -4.01. The zero-order valence-corrected chi connectivity index (χ0v) is 18.7. The Bertz CT molecular complexity index is 1270. The van der Waals surface area contributed by atoms with Crippen molar-refractivity contribution in [3.05, 3.63) is 64.4 Å². The molecule has 0 unspecified atom stereocenters. The summed E-state index contributed by atoms with van der Waals surface area (Å²) < 4.78 is 11.2. The Morgan fingerprint density at radius 3 is 2.30 bits per heavy atom. The van der Waals surface area contributed by atoms with Crippen LogP contribution in [-0.2, 0) is 19.1 Å². The standard InChI is InChI=1S/C24H24N4O5/c1-13(2)14-9-11-15(12-10-14)18-22(29)26-21-16-7-5-6-8-17(16)25-19(23(30)32-3)20(24(31)33-4)28(21)27-18/h5-13,19-20,25H,1-4H3/t19-,20-/m1/s1. The molecule has 0 saturated carbocycles. The SMILES string of the molecule is COC(=O)[C@@H]1Nc2ccccc2-c2nc(=O)c(-c3ccc(C(C)C)cc3)nn2[C@H]1C(=O)OC. The Morgan fingerprint density at radius 2 is 1.67 bits per heavy atom. The molecule has 9 nitrogen and oxygen atoms in total. The monoisotopic (exact) mass is 448 g/mol. The molecule has 1 aliphatic rings. The van der Waals surface area contributed by atoms with Crippen molar-refractivity contribution >= 4 is 17.6 Å². The lowest BCUT2D eigenvalue weighted by molar-refractivity contribution is -0.152. The van der Waals surface area contributed by atoms with E-state index < -0.39 is 29.6 Å². The average Bonchev–Trinajstić information content (AvgIpc) is 2.97. The molecule has 1 aromatic heterocycles. The van der Waals surface area contributed by atoms with Gasteiger partial charge < -0.3 is 14.8 Å². The van der Waals surface area contributed by atoms with E-state index >= 15 is 0 Å². The first-order valence-electron chi connectivity index (χ1n) is 10.5. The van der Waals surface area contributed by atoms with Crippen molar-refractivity contribution in [2.24, 2.45) is 0 Å². The zero-order valence-electron chi connectivity index (χ0n) is 18.7. The van der Waals surface area contributed by atoms with E-state index in [2.05, 4.69) is 29.2 Å². The summed E-state index contributed by atoms with van der Waals surface area (Å²) in [5, 5.41) is 7.57. The van der Waals surface area contributed by atoms with E-state index in [1.54, 1.807) is 36.4 Å². The third-order valence-corrected chi connectivity index (χ3v) is 5.64. The molecule has 2 aromatic carbocycles. The Morgan fingerprint density at radius 1 is 1.00 bits per heavy atom. The zero-order chi connectivity index (χ0) is 23.7. The van der Waals surface area contributed by atoms with Crippen LogP contribution in [0.25, 0.3) is 22.6 Å². The lowest BCUT2D eigenvalue weighted by Crippen LogP contribution is -2.44. The minimum atomic E-state index is -1.26. The second-order valence-corrected chi connectivity index (χ2v) is 7.97. The number of carbonyl (C=O) groups excluding carboxylic acids is 2. The molecular weight excluding hydrogens is 424 g/mol. The van der Waals surface area contributed by atoms with Crippen LogP contribution in [0.4, 0.5) is 5.69 Å². The van der Waals surface area contributed by atoms with Crippen LogP contribution in [-0.4, -0.2) is 47.0 Å². The van der Waals surface area contributed by atoms with E-state index in [9.17, 15) is 14.4 Å². The van der Waals surface area contributed by atoms with Gasteiger partial charge in [-0.1, -0.05) is 50.2 Å². The molecule has 0 amide bonds. The van der Waals surface area contributed by atoms with E-state index in [0.717, 1.165) is 5.56 Å². The molecule has 0 aliphatic carbocycles. The van der Waals surface area contributed by atoms with Crippen molar-refractivity contribution < 1.29 is 19.1 Å². The van der Waals surface area contributed by atoms with Gasteiger partial charge in [-0.05, 0) is 23.6 Å². The number of rotatable bonds is 4. The minimum absolute atomic E-state index is 0.0611. The molecule has 1 aliphatic heterocycles. The first-order chi connectivity index (χ1) is 15.8. The number of nitrogens with one attached hydrogen (secondary N) is 1. The fourth-order valence-corrected chi connectivity index (χ4v) is 3.85. The second kappa shape index (κ2) is 8.85. The van der Waals surface area contributed by atoms with E-state index in [-0.39, 0.29) is 11.5 Å². The van der Waals surface area contributed by atoms with Crippen LogP contribution < -0.4 is 10.9 Å². The molecule has 0 saturated heterocycles.